The lowest BCUT2D eigenvalue weighted by molar-refractivity contribution is -0.124. The maximum Gasteiger partial charge on any atom is 0.269 e. The van der Waals surface area contributed by atoms with Crippen LogP contribution in [-0.2, 0) is 19.3 Å². The van der Waals surface area contributed by atoms with Gasteiger partial charge in [0.05, 0.1) is 11.4 Å². The highest BCUT2D eigenvalue weighted by atomic mass is 32.2. The smallest absolute Gasteiger partial charge is 0.269 e. The molecule has 1 saturated heterocycles. The summed E-state index contributed by atoms with van der Waals surface area (Å²) in [6.45, 7) is -0.135. The van der Waals surface area contributed by atoms with Gasteiger partial charge in [0, 0.05) is 16.9 Å². The summed E-state index contributed by atoms with van der Waals surface area (Å²) in [4.78, 5) is 41.4. The first kappa shape index (κ1) is 19.4. The van der Waals surface area contributed by atoms with Crippen molar-refractivity contribution in [2.75, 3.05) is 27.4 Å². The quantitative estimate of drug-likeness (QED) is 0.688. The van der Waals surface area contributed by atoms with Crippen LogP contribution in [0.4, 0.5) is 17.1 Å². The second-order valence-corrected chi connectivity index (χ2v) is 8.49. The molecule has 0 aliphatic carbocycles. The molecular weight excluding hydrogens is 410 g/mol. The number of rotatable bonds is 4. The molecule has 0 bridgehead atoms. The van der Waals surface area contributed by atoms with E-state index in [1.165, 1.54) is 16.7 Å². The van der Waals surface area contributed by atoms with Gasteiger partial charge in [-0.3, -0.25) is 24.2 Å². The van der Waals surface area contributed by atoms with Gasteiger partial charge in [-0.1, -0.05) is 54.6 Å². The van der Waals surface area contributed by atoms with Gasteiger partial charge in [-0.25, -0.2) is 0 Å². The van der Waals surface area contributed by atoms with E-state index in [2.05, 4.69) is 5.32 Å². The Kier molecular flexibility index (Phi) is 4.75. The highest BCUT2D eigenvalue weighted by molar-refractivity contribution is 8.02. The molecule has 1 atom stereocenters. The summed E-state index contributed by atoms with van der Waals surface area (Å²) in [6, 6.07) is 25.7. The van der Waals surface area contributed by atoms with Crippen LogP contribution in [0.5, 0.6) is 0 Å². The number of nitrogens with one attached hydrogen (secondary N) is 1. The van der Waals surface area contributed by atoms with Crippen molar-refractivity contribution < 1.29 is 14.4 Å². The first-order valence-electron chi connectivity index (χ1n) is 9.90. The van der Waals surface area contributed by atoms with Crippen molar-refractivity contribution in [1.29, 1.82) is 0 Å². The fraction of sp³-hybridized carbons (Fsp3) is 0.125. The van der Waals surface area contributed by atoms with Gasteiger partial charge in [-0.2, -0.15) is 0 Å². The number of hydrogen-bond acceptors (Lipinski definition) is 4. The molecule has 3 aromatic carbocycles. The van der Waals surface area contributed by atoms with Crippen LogP contribution >= 0.6 is 11.8 Å². The number of fused-ring (bicyclic) bond motifs is 2. The molecular formula is C24H19N3O3S. The van der Waals surface area contributed by atoms with E-state index in [1.54, 1.807) is 17.0 Å². The molecule has 2 aliphatic rings. The normalized spacial score (nSPS) is 19.7. The summed E-state index contributed by atoms with van der Waals surface area (Å²) in [7, 11) is 0. The topological polar surface area (TPSA) is 69.7 Å². The zero-order valence-electron chi connectivity index (χ0n) is 16.5. The van der Waals surface area contributed by atoms with E-state index in [0.29, 0.717) is 17.1 Å². The molecule has 0 saturated carbocycles. The van der Waals surface area contributed by atoms with Crippen LogP contribution < -0.4 is 15.1 Å². The molecule has 31 heavy (non-hydrogen) atoms. The number of benzene rings is 3. The molecule has 3 aromatic rings. The first-order valence-corrected chi connectivity index (χ1v) is 10.9. The van der Waals surface area contributed by atoms with Crippen LogP contribution in [0.1, 0.15) is 5.56 Å². The fourth-order valence-electron chi connectivity index (χ4n) is 4.16. The van der Waals surface area contributed by atoms with E-state index >= 15 is 0 Å². The van der Waals surface area contributed by atoms with E-state index in [0.717, 1.165) is 5.56 Å². The van der Waals surface area contributed by atoms with E-state index in [-0.39, 0.29) is 30.0 Å². The lowest BCUT2D eigenvalue weighted by Gasteiger charge is -2.33. The van der Waals surface area contributed by atoms with Crippen LogP contribution in [0.15, 0.2) is 84.9 Å². The summed E-state index contributed by atoms with van der Waals surface area (Å²) in [5.74, 6) is -0.516. The summed E-state index contributed by atoms with van der Waals surface area (Å²) >= 11 is 1.30. The predicted octanol–water partition coefficient (Wildman–Crippen LogP) is 3.60. The lowest BCUT2D eigenvalue weighted by atomic mass is 10.0. The van der Waals surface area contributed by atoms with Crippen molar-refractivity contribution in [2.45, 2.75) is 4.87 Å². The van der Waals surface area contributed by atoms with Gasteiger partial charge in [-0.15, -0.1) is 11.8 Å². The second kappa shape index (κ2) is 7.59. The average Bonchev–Trinajstić information content (AvgIpc) is 3.26. The highest BCUT2D eigenvalue weighted by Crippen LogP contribution is 2.55. The predicted molar refractivity (Wildman–Crippen MR) is 122 cm³/mol. The van der Waals surface area contributed by atoms with Gasteiger partial charge in [0.25, 0.3) is 5.91 Å². The fourth-order valence-corrected chi connectivity index (χ4v) is 5.51. The Balaban J connectivity index is 1.53. The number of para-hydroxylation sites is 3. The van der Waals surface area contributed by atoms with Gasteiger partial charge in [0.1, 0.15) is 6.54 Å². The van der Waals surface area contributed by atoms with E-state index in [9.17, 15) is 14.4 Å². The molecule has 154 valence electrons. The minimum Gasteiger partial charge on any atom is -0.325 e. The number of amides is 3. The molecule has 6 nitrogen and oxygen atoms in total. The van der Waals surface area contributed by atoms with Crippen LogP contribution in [0.3, 0.4) is 0 Å². The molecule has 0 unspecified atom stereocenters. The SMILES string of the molecule is O=C(CN1C(=O)[C@]2(SCC(=O)N2c2ccccc2)c2ccccc21)Nc1ccccc1. The first-order chi connectivity index (χ1) is 15.1. The molecule has 2 aliphatic heterocycles. The maximum atomic E-state index is 13.8. The van der Waals surface area contributed by atoms with Gasteiger partial charge in [0.2, 0.25) is 16.7 Å². The van der Waals surface area contributed by atoms with Crippen LogP contribution in [0.2, 0.25) is 0 Å². The third-order valence-corrected chi connectivity index (χ3v) is 6.82. The number of carbonyl (C=O) groups excluding carboxylic acids is 3. The van der Waals surface area contributed by atoms with Crippen molar-refractivity contribution in [3.8, 4) is 0 Å². The highest BCUT2D eigenvalue weighted by Gasteiger charge is 2.61. The van der Waals surface area contributed by atoms with Crippen molar-refractivity contribution in [2.24, 2.45) is 0 Å². The van der Waals surface area contributed by atoms with E-state index in [4.69, 9.17) is 0 Å². The Labute approximate surface area is 183 Å². The largest absolute Gasteiger partial charge is 0.325 e. The van der Waals surface area contributed by atoms with Gasteiger partial charge in [-0.05, 0) is 30.3 Å². The Morgan fingerprint density at radius 2 is 1.55 bits per heavy atom. The Hall–Kier alpha value is -3.58. The van der Waals surface area contributed by atoms with Crippen molar-refractivity contribution in [1.82, 2.24) is 0 Å². The van der Waals surface area contributed by atoms with Crippen molar-refractivity contribution >= 4 is 46.5 Å². The number of carbonyl (C=O) groups is 3. The minimum atomic E-state index is -1.21. The summed E-state index contributed by atoms with van der Waals surface area (Å²) in [5.41, 5.74) is 2.71. The third-order valence-electron chi connectivity index (χ3n) is 5.44. The lowest BCUT2D eigenvalue weighted by Crippen LogP contribution is -2.50. The Bertz CT molecular complexity index is 1170. The molecule has 1 fully saturated rings. The maximum absolute atomic E-state index is 13.8. The summed E-state index contributed by atoms with van der Waals surface area (Å²) in [5, 5.41) is 2.83. The van der Waals surface area contributed by atoms with E-state index < -0.39 is 4.87 Å². The molecule has 3 amide bonds. The number of anilines is 3. The summed E-state index contributed by atoms with van der Waals surface area (Å²) in [6.07, 6.45) is 0. The minimum absolute atomic E-state index is 0.130. The zero-order chi connectivity index (χ0) is 21.4. The molecule has 1 spiro atoms. The molecule has 1 N–H and O–H groups in total. The van der Waals surface area contributed by atoms with Crippen molar-refractivity contribution in [3.63, 3.8) is 0 Å². The molecule has 2 heterocycles. The second-order valence-electron chi connectivity index (χ2n) is 7.32. The molecule has 0 aromatic heterocycles. The monoisotopic (exact) mass is 429 g/mol. The average molecular weight is 430 g/mol. The van der Waals surface area contributed by atoms with Gasteiger partial charge >= 0.3 is 0 Å². The number of thioether (sulfide) groups is 1. The van der Waals surface area contributed by atoms with Crippen molar-refractivity contribution in [3.05, 3.63) is 90.5 Å². The summed E-state index contributed by atoms with van der Waals surface area (Å²) < 4.78 is 0. The number of nitrogens with zero attached hydrogens (tertiary/aromatic N) is 2. The Morgan fingerprint density at radius 1 is 0.903 bits per heavy atom. The standard InChI is InChI=1S/C24H19N3O3S/c28-21(25-17-9-3-1-4-10-17)15-26-20-14-8-7-13-19(20)24(23(26)30)27(22(29)16-31-24)18-11-5-2-6-12-18/h1-14H,15-16H2,(H,25,28)/t24-/m1/s1. The van der Waals surface area contributed by atoms with Crippen LogP contribution in [-0.4, -0.2) is 30.0 Å². The van der Waals surface area contributed by atoms with Gasteiger partial charge in [0.15, 0.2) is 0 Å². The van der Waals surface area contributed by atoms with E-state index in [1.807, 2.05) is 72.8 Å². The third kappa shape index (κ3) is 3.09. The molecule has 0 radical (unpaired) electrons. The van der Waals surface area contributed by atoms with Crippen LogP contribution in [0, 0.1) is 0 Å². The Morgan fingerprint density at radius 3 is 2.29 bits per heavy atom. The van der Waals surface area contributed by atoms with Gasteiger partial charge < -0.3 is 5.32 Å². The zero-order valence-corrected chi connectivity index (χ0v) is 17.3. The number of hydrogen-bond donors (Lipinski definition) is 1. The molecule has 5 rings (SSSR count). The van der Waals surface area contributed by atoms with Crippen LogP contribution in [0.25, 0.3) is 0 Å². The molecule has 7 heteroatoms.